The van der Waals surface area contributed by atoms with E-state index in [-0.39, 0.29) is 0 Å². The highest BCUT2D eigenvalue weighted by Crippen LogP contribution is 2.27. The lowest BCUT2D eigenvalue weighted by atomic mass is 10.3. The molecule has 2 aromatic rings. The Morgan fingerprint density at radius 2 is 1.94 bits per heavy atom. The van der Waals surface area contributed by atoms with Crippen molar-refractivity contribution in [2.24, 2.45) is 0 Å². The second-order valence-electron chi connectivity index (χ2n) is 3.17. The predicted octanol–water partition coefficient (Wildman–Crippen LogP) is 3.60. The third-order valence-electron chi connectivity index (χ3n) is 2.14. The molecule has 0 spiro atoms. The third kappa shape index (κ3) is 2.05. The summed E-state index contributed by atoms with van der Waals surface area (Å²) in [7, 11) is 0. The molecule has 0 N–H and O–H groups in total. The summed E-state index contributed by atoms with van der Waals surface area (Å²) in [6, 6.07) is 5.47. The molecule has 0 bridgehead atoms. The van der Waals surface area contributed by atoms with Gasteiger partial charge in [-0.2, -0.15) is 0 Å². The van der Waals surface area contributed by atoms with Crippen molar-refractivity contribution in [3.05, 3.63) is 34.1 Å². The van der Waals surface area contributed by atoms with Crippen LogP contribution < -0.4 is 0 Å². The average Bonchev–Trinajstić information content (AvgIpc) is 2.64. The summed E-state index contributed by atoms with van der Waals surface area (Å²) >= 11 is 13.4. The Morgan fingerprint density at radius 1 is 1.19 bits per heavy atom. The fourth-order valence-corrected chi connectivity index (χ4v) is 2.23. The van der Waals surface area contributed by atoms with Gasteiger partial charge in [0.15, 0.2) is 5.16 Å². The van der Waals surface area contributed by atoms with Gasteiger partial charge >= 0.3 is 0 Å². The monoisotopic (exact) mass is 273 g/mol. The van der Waals surface area contributed by atoms with Crippen molar-refractivity contribution >= 4 is 35.0 Å². The van der Waals surface area contributed by atoms with Gasteiger partial charge in [-0.25, -0.2) is 0 Å². The average molecular weight is 274 g/mol. The second kappa shape index (κ2) is 4.65. The number of nitrogens with zero attached hydrogens (tertiary/aromatic N) is 3. The lowest BCUT2D eigenvalue weighted by Gasteiger charge is -2.07. The van der Waals surface area contributed by atoms with Crippen LogP contribution in [0.15, 0.2) is 23.4 Å². The Balaban J connectivity index is 2.57. The van der Waals surface area contributed by atoms with E-state index in [1.165, 1.54) is 11.8 Å². The fourth-order valence-electron chi connectivity index (χ4n) is 1.40. The minimum Gasteiger partial charge on any atom is -0.274 e. The van der Waals surface area contributed by atoms with Gasteiger partial charge in [-0.15, -0.1) is 10.2 Å². The quantitative estimate of drug-likeness (QED) is 0.784. The standard InChI is InChI=1S/C10H9Cl2N3S/c1-6-13-14-10(16-2)15(6)7-3-4-8(11)9(12)5-7/h3-5H,1-2H3. The summed E-state index contributed by atoms with van der Waals surface area (Å²) in [5.41, 5.74) is 0.918. The van der Waals surface area contributed by atoms with Crippen molar-refractivity contribution in [2.45, 2.75) is 12.1 Å². The molecule has 0 aliphatic rings. The van der Waals surface area contributed by atoms with E-state index in [4.69, 9.17) is 23.2 Å². The largest absolute Gasteiger partial charge is 0.274 e. The van der Waals surface area contributed by atoms with Crippen molar-refractivity contribution < 1.29 is 0 Å². The summed E-state index contributed by atoms with van der Waals surface area (Å²) < 4.78 is 1.94. The molecule has 0 saturated carbocycles. The molecule has 16 heavy (non-hydrogen) atoms. The summed E-state index contributed by atoms with van der Waals surface area (Å²) in [6.07, 6.45) is 1.96. The van der Waals surface area contributed by atoms with E-state index in [0.29, 0.717) is 10.0 Å². The zero-order valence-corrected chi connectivity index (χ0v) is 11.1. The normalized spacial score (nSPS) is 10.8. The Hall–Kier alpha value is -0.710. The highest BCUT2D eigenvalue weighted by Gasteiger charge is 2.10. The van der Waals surface area contributed by atoms with Gasteiger partial charge in [-0.1, -0.05) is 35.0 Å². The first-order valence-electron chi connectivity index (χ1n) is 4.55. The molecule has 0 saturated heterocycles. The maximum absolute atomic E-state index is 5.99. The number of hydrogen-bond donors (Lipinski definition) is 0. The highest BCUT2D eigenvalue weighted by molar-refractivity contribution is 7.98. The minimum atomic E-state index is 0.527. The predicted molar refractivity (Wildman–Crippen MR) is 67.9 cm³/mol. The van der Waals surface area contributed by atoms with Crippen molar-refractivity contribution in [3.63, 3.8) is 0 Å². The van der Waals surface area contributed by atoms with Crippen LogP contribution in [-0.2, 0) is 0 Å². The van der Waals surface area contributed by atoms with Crippen LogP contribution in [0.2, 0.25) is 10.0 Å². The molecule has 84 valence electrons. The van der Waals surface area contributed by atoms with Crippen LogP contribution in [0.5, 0.6) is 0 Å². The first-order valence-corrected chi connectivity index (χ1v) is 6.53. The van der Waals surface area contributed by atoms with Crippen LogP contribution in [0.1, 0.15) is 5.82 Å². The first kappa shape index (κ1) is 11.8. The maximum atomic E-state index is 5.99. The lowest BCUT2D eigenvalue weighted by Crippen LogP contribution is -1.98. The van der Waals surface area contributed by atoms with Crippen LogP contribution in [-0.4, -0.2) is 21.0 Å². The van der Waals surface area contributed by atoms with Gasteiger partial charge in [-0.3, -0.25) is 4.57 Å². The molecule has 1 aromatic carbocycles. The topological polar surface area (TPSA) is 30.7 Å². The number of halogens is 2. The van der Waals surface area contributed by atoms with Gasteiger partial charge < -0.3 is 0 Å². The molecule has 3 nitrogen and oxygen atoms in total. The lowest BCUT2D eigenvalue weighted by molar-refractivity contribution is 0.871. The van der Waals surface area contributed by atoms with E-state index in [2.05, 4.69) is 10.2 Å². The fraction of sp³-hybridized carbons (Fsp3) is 0.200. The van der Waals surface area contributed by atoms with Crippen molar-refractivity contribution in [3.8, 4) is 5.69 Å². The number of rotatable bonds is 2. The van der Waals surface area contributed by atoms with Crippen LogP contribution >= 0.6 is 35.0 Å². The van der Waals surface area contributed by atoms with E-state index in [9.17, 15) is 0 Å². The van der Waals surface area contributed by atoms with Crippen molar-refractivity contribution in [1.29, 1.82) is 0 Å². The molecule has 0 unspecified atom stereocenters. The van der Waals surface area contributed by atoms with E-state index < -0.39 is 0 Å². The first-order chi connectivity index (χ1) is 7.63. The zero-order chi connectivity index (χ0) is 11.7. The van der Waals surface area contributed by atoms with Gasteiger partial charge in [0.05, 0.1) is 15.7 Å². The molecule has 0 atom stereocenters. The summed E-state index contributed by atoms with van der Waals surface area (Å²) in [5.74, 6) is 0.822. The minimum absolute atomic E-state index is 0.527. The molecule has 0 amide bonds. The molecule has 0 aliphatic heterocycles. The molecule has 2 rings (SSSR count). The molecule has 0 aliphatic carbocycles. The van der Waals surface area contributed by atoms with Crippen LogP contribution in [0, 0.1) is 6.92 Å². The van der Waals surface area contributed by atoms with Gasteiger partial charge in [0.2, 0.25) is 0 Å². The number of hydrogen-bond acceptors (Lipinski definition) is 3. The van der Waals surface area contributed by atoms with E-state index >= 15 is 0 Å². The summed E-state index contributed by atoms with van der Waals surface area (Å²) in [4.78, 5) is 0. The molecular weight excluding hydrogens is 265 g/mol. The number of benzene rings is 1. The van der Waals surface area contributed by atoms with Crippen LogP contribution in [0.25, 0.3) is 5.69 Å². The molecule has 0 fully saturated rings. The maximum Gasteiger partial charge on any atom is 0.195 e. The molecule has 6 heteroatoms. The highest BCUT2D eigenvalue weighted by atomic mass is 35.5. The molecular formula is C10H9Cl2N3S. The number of aryl methyl sites for hydroxylation is 1. The van der Waals surface area contributed by atoms with Crippen LogP contribution in [0.4, 0.5) is 0 Å². The Morgan fingerprint density at radius 3 is 2.56 bits per heavy atom. The molecule has 1 heterocycles. The second-order valence-corrected chi connectivity index (χ2v) is 4.76. The Labute approximate surface area is 108 Å². The zero-order valence-electron chi connectivity index (χ0n) is 8.74. The van der Waals surface area contributed by atoms with Crippen molar-refractivity contribution in [1.82, 2.24) is 14.8 Å². The van der Waals surface area contributed by atoms with Gasteiger partial charge in [0, 0.05) is 0 Å². The van der Waals surface area contributed by atoms with Gasteiger partial charge in [0.25, 0.3) is 0 Å². The third-order valence-corrected chi connectivity index (χ3v) is 3.51. The Bertz CT molecular complexity index is 525. The van der Waals surface area contributed by atoms with Crippen molar-refractivity contribution in [2.75, 3.05) is 6.26 Å². The Kier molecular flexibility index (Phi) is 3.42. The van der Waals surface area contributed by atoms with Gasteiger partial charge in [-0.05, 0) is 31.4 Å². The van der Waals surface area contributed by atoms with E-state index in [0.717, 1.165) is 16.7 Å². The summed E-state index contributed by atoms with van der Waals surface area (Å²) in [5, 5.41) is 9.99. The van der Waals surface area contributed by atoms with E-state index in [1.807, 2.05) is 23.8 Å². The molecule has 1 aromatic heterocycles. The summed E-state index contributed by atoms with van der Waals surface area (Å²) in [6.45, 7) is 1.90. The van der Waals surface area contributed by atoms with Gasteiger partial charge in [0.1, 0.15) is 5.82 Å². The van der Waals surface area contributed by atoms with E-state index in [1.54, 1.807) is 12.1 Å². The SMILES string of the molecule is CSc1nnc(C)n1-c1ccc(Cl)c(Cl)c1. The molecule has 0 radical (unpaired) electrons. The number of aromatic nitrogens is 3. The number of thioether (sulfide) groups is 1. The smallest absolute Gasteiger partial charge is 0.195 e. The van der Waals surface area contributed by atoms with Crippen LogP contribution in [0.3, 0.4) is 0 Å².